The number of piperazine rings is 1. The van der Waals surface area contributed by atoms with Crippen LogP contribution in [0.4, 0.5) is 28.8 Å². The third-order valence-corrected chi connectivity index (χ3v) is 7.70. The summed E-state index contributed by atoms with van der Waals surface area (Å²) in [5.74, 6) is 1.14. The van der Waals surface area contributed by atoms with E-state index >= 15 is 0 Å². The lowest BCUT2D eigenvalue weighted by molar-refractivity contribution is 0.313. The first-order chi connectivity index (χ1) is 16.4. The number of likely N-dealkylation sites (N-methyl/N-ethyl adjacent to an activating group) is 1. The molecular formula is C25H30N7OP. The summed E-state index contributed by atoms with van der Waals surface area (Å²) in [7, 11) is -0.298. The van der Waals surface area contributed by atoms with Gasteiger partial charge in [0.2, 0.25) is 5.95 Å². The highest BCUT2D eigenvalue weighted by Gasteiger charge is 2.18. The van der Waals surface area contributed by atoms with Gasteiger partial charge < -0.3 is 30.0 Å². The molecule has 1 aliphatic rings. The van der Waals surface area contributed by atoms with Gasteiger partial charge in [-0.05, 0) is 62.8 Å². The van der Waals surface area contributed by atoms with Gasteiger partial charge in [0, 0.05) is 49.1 Å². The van der Waals surface area contributed by atoms with Gasteiger partial charge in [-0.1, -0.05) is 12.1 Å². The first-order valence-corrected chi connectivity index (χ1v) is 14.0. The van der Waals surface area contributed by atoms with E-state index in [-0.39, 0.29) is 0 Å². The van der Waals surface area contributed by atoms with E-state index in [1.165, 1.54) is 5.69 Å². The molecule has 176 valence electrons. The highest BCUT2D eigenvalue weighted by Crippen LogP contribution is 2.38. The van der Waals surface area contributed by atoms with Crippen molar-refractivity contribution in [1.82, 2.24) is 19.9 Å². The first-order valence-electron chi connectivity index (χ1n) is 11.4. The van der Waals surface area contributed by atoms with Crippen molar-refractivity contribution in [2.24, 2.45) is 0 Å². The zero-order valence-corrected chi connectivity index (χ0v) is 20.6. The minimum absolute atomic E-state index is 0.485. The number of H-pyrrole nitrogens is 1. The maximum atomic E-state index is 12.8. The molecule has 2 aromatic carbocycles. The molecule has 8 nitrogen and oxygen atoms in total. The molecular weight excluding hydrogens is 445 g/mol. The standard InChI is InChI=1S/C25H30N7OP/c1-31-14-16-32(17-15-31)19-10-8-18(9-11-19)27-25-29-23-20(12-13-26-23)24(30-25)28-21-6-4-5-7-22(21)34(2,3)33/h4-13H,14-17H2,1-3H3,(H3,26,27,28,29,30). The van der Waals surface area contributed by atoms with Gasteiger partial charge >= 0.3 is 0 Å². The van der Waals surface area contributed by atoms with E-state index in [9.17, 15) is 4.57 Å². The Bertz CT molecular complexity index is 1340. The van der Waals surface area contributed by atoms with Gasteiger partial charge in [0.1, 0.15) is 18.6 Å². The SMILES string of the molecule is CN1CCN(c2ccc(Nc3nc(Nc4ccccc4P(C)(C)=O)c4cc[nH]c4n3)cc2)CC1. The van der Waals surface area contributed by atoms with Crippen molar-refractivity contribution in [1.29, 1.82) is 0 Å². The Labute approximate surface area is 199 Å². The first kappa shape index (κ1) is 22.4. The maximum Gasteiger partial charge on any atom is 0.231 e. The number of hydrogen-bond donors (Lipinski definition) is 3. The number of benzene rings is 2. The van der Waals surface area contributed by atoms with Crippen molar-refractivity contribution in [3.8, 4) is 0 Å². The zero-order chi connectivity index (χ0) is 23.7. The summed E-state index contributed by atoms with van der Waals surface area (Å²) in [6.45, 7) is 7.78. The van der Waals surface area contributed by atoms with Crippen LogP contribution in [0.1, 0.15) is 0 Å². The number of rotatable bonds is 6. The number of aromatic nitrogens is 3. The number of fused-ring (bicyclic) bond motifs is 1. The third-order valence-electron chi connectivity index (χ3n) is 6.14. The molecule has 9 heteroatoms. The van der Waals surface area contributed by atoms with Gasteiger partial charge in [0.25, 0.3) is 0 Å². The highest BCUT2D eigenvalue weighted by molar-refractivity contribution is 7.70. The van der Waals surface area contributed by atoms with E-state index in [1.807, 2.05) is 36.5 Å². The van der Waals surface area contributed by atoms with E-state index in [0.717, 1.165) is 53.9 Å². The molecule has 0 aliphatic carbocycles. The van der Waals surface area contributed by atoms with Crippen molar-refractivity contribution in [2.45, 2.75) is 0 Å². The summed E-state index contributed by atoms with van der Waals surface area (Å²) in [5, 5.41) is 8.39. The van der Waals surface area contributed by atoms with Crippen molar-refractivity contribution < 1.29 is 4.57 Å². The average molecular weight is 476 g/mol. The van der Waals surface area contributed by atoms with Crippen molar-refractivity contribution in [3.63, 3.8) is 0 Å². The summed E-state index contributed by atoms with van der Waals surface area (Å²) in [6.07, 6.45) is 1.84. The second-order valence-corrected chi connectivity index (χ2v) is 12.3. The topological polar surface area (TPSA) is 89.2 Å². The van der Waals surface area contributed by atoms with Gasteiger partial charge in [-0.2, -0.15) is 9.97 Å². The van der Waals surface area contributed by atoms with Crippen LogP contribution in [0.2, 0.25) is 0 Å². The van der Waals surface area contributed by atoms with Gasteiger partial charge in [-0.15, -0.1) is 0 Å². The number of hydrogen-bond acceptors (Lipinski definition) is 7. The Morgan fingerprint density at radius 1 is 0.912 bits per heavy atom. The Morgan fingerprint density at radius 2 is 1.65 bits per heavy atom. The normalized spacial score (nSPS) is 15.0. The van der Waals surface area contributed by atoms with Crippen LogP contribution in [-0.2, 0) is 4.57 Å². The Balaban J connectivity index is 1.40. The molecule has 0 amide bonds. The summed E-state index contributed by atoms with van der Waals surface area (Å²) >= 11 is 0. The molecule has 5 rings (SSSR count). The van der Waals surface area contributed by atoms with Crippen LogP contribution in [0.5, 0.6) is 0 Å². The van der Waals surface area contributed by atoms with Crippen LogP contribution in [0.25, 0.3) is 11.0 Å². The van der Waals surface area contributed by atoms with Crippen molar-refractivity contribution in [2.75, 3.05) is 62.1 Å². The molecule has 0 spiro atoms. The summed E-state index contributed by atoms with van der Waals surface area (Å²) in [6, 6.07) is 18.0. The molecule has 0 unspecified atom stereocenters. The Hall–Kier alpha value is -3.35. The van der Waals surface area contributed by atoms with Gasteiger partial charge in [0.05, 0.1) is 11.1 Å². The number of para-hydroxylation sites is 1. The quantitative estimate of drug-likeness (QED) is 0.355. The molecule has 0 radical (unpaired) electrons. The predicted octanol–water partition coefficient (Wildman–Crippen LogP) is 4.44. The third kappa shape index (κ3) is 4.79. The van der Waals surface area contributed by atoms with Crippen LogP contribution in [0.15, 0.2) is 60.8 Å². The molecule has 3 heterocycles. The lowest BCUT2D eigenvalue weighted by Gasteiger charge is -2.34. The van der Waals surface area contributed by atoms with Crippen molar-refractivity contribution >= 4 is 52.3 Å². The molecule has 0 atom stereocenters. The number of nitrogens with one attached hydrogen (secondary N) is 3. The molecule has 34 heavy (non-hydrogen) atoms. The molecule has 0 saturated carbocycles. The van der Waals surface area contributed by atoms with E-state index in [2.05, 4.69) is 61.7 Å². The van der Waals surface area contributed by atoms with E-state index in [0.29, 0.717) is 11.8 Å². The molecule has 2 aromatic heterocycles. The molecule has 1 saturated heterocycles. The number of nitrogens with zero attached hydrogens (tertiary/aromatic N) is 4. The maximum absolute atomic E-state index is 12.8. The van der Waals surface area contributed by atoms with E-state index in [4.69, 9.17) is 4.98 Å². The van der Waals surface area contributed by atoms with Crippen LogP contribution in [0.3, 0.4) is 0 Å². The monoisotopic (exact) mass is 475 g/mol. The van der Waals surface area contributed by atoms with E-state index < -0.39 is 7.14 Å². The van der Waals surface area contributed by atoms with Crippen LogP contribution < -0.4 is 20.8 Å². The second kappa shape index (κ2) is 9.12. The minimum Gasteiger partial charge on any atom is -0.369 e. The lowest BCUT2D eigenvalue weighted by atomic mass is 10.2. The van der Waals surface area contributed by atoms with Crippen molar-refractivity contribution in [3.05, 3.63) is 60.8 Å². The average Bonchev–Trinajstić information content (AvgIpc) is 3.29. The fourth-order valence-electron chi connectivity index (χ4n) is 4.22. The van der Waals surface area contributed by atoms with Gasteiger partial charge in [-0.3, -0.25) is 0 Å². The minimum atomic E-state index is -2.46. The van der Waals surface area contributed by atoms with Gasteiger partial charge in [0.15, 0.2) is 0 Å². The Morgan fingerprint density at radius 3 is 2.38 bits per heavy atom. The summed E-state index contributed by atoms with van der Waals surface area (Å²) in [5.41, 5.74) is 3.66. The molecule has 4 aromatic rings. The zero-order valence-electron chi connectivity index (χ0n) is 19.7. The highest BCUT2D eigenvalue weighted by atomic mass is 31.2. The smallest absolute Gasteiger partial charge is 0.231 e. The Kier molecular flexibility index (Phi) is 6.02. The second-order valence-electron chi connectivity index (χ2n) is 9.09. The largest absolute Gasteiger partial charge is 0.369 e. The number of aromatic amines is 1. The molecule has 1 aliphatic heterocycles. The van der Waals surface area contributed by atoms with Crippen LogP contribution in [-0.4, -0.2) is 66.4 Å². The predicted molar refractivity (Wildman–Crippen MR) is 142 cm³/mol. The summed E-state index contributed by atoms with van der Waals surface area (Å²) in [4.78, 5) is 17.3. The molecule has 1 fully saturated rings. The fourth-order valence-corrected chi connectivity index (χ4v) is 5.37. The fraction of sp³-hybridized carbons (Fsp3) is 0.280. The van der Waals surface area contributed by atoms with E-state index in [1.54, 1.807) is 13.3 Å². The van der Waals surface area contributed by atoms with Crippen LogP contribution >= 0.6 is 7.14 Å². The number of anilines is 5. The molecule has 3 N–H and O–H groups in total. The molecule has 0 bridgehead atoms. The summed E-state index contributed by atoms with van der Waals surface area (Å²) < 4.78 is 12.8. The van der Waals surface area contributed by atoms with Crippen LogP contribution in [0, 0.1) is 0 Å². The van der Waals surface area contributed by atoms with Gasteiger partial charge in [-0.25, -0.2) is 0 Å². The lowest BCUT2D eigenvalue weighted by Crippen LogP contribution is -2.44.